The number of ether oxygens (including phenoxy) is 2. The summed E-state index contributed by atoms with van der Waals surface area (Å²) in [5.41, 5.74) is 1.36. The Balaban J connectivity index is 1.41. The van der Waals surface area contributed by atoms with Gasteiger partial charge >= 0.3 is 0 Å². The van der Waals surface area contributed by atoms with Crippen molar-refractivity contribution in [1.29, 1.82) is 0 Å². The van der Waals surface area contributed by atoms with E-state index in [1.54, 1.807) is 7.11 Å². The first-order valence-corrected chi connectivity index (χ1v) is 12.4. The van der Waals surface area contributed by atoms with Gasteiger partial charge in [-0.25, -0.2) is 12.8 Å². The Kier molecular flexibility index (Phi) is 7.16. The summed E-state index contributed by atoms with van der Waals surface area (Å²) in [6.45, 7) is 0.832. The maximum Gasteiger partial charge on any atom is 0.246 e. The number of benzene rings is 2. The van der Waals surface area contributed by atoms with Gasteiger partial charge in [0.15, 0.2) is 0 Å². The SMILES string of the molecule is COc1ccc(C(NC(=O)CNc2ccc(F)c(S(=O)(=O)N3CCOCC3)c2)C2CC2)cc1. The number of sulfonamides is 1. The second-order valence-electron chi connectivity index (χ2n) is 8.17. The molecule has 2 aromatic rings. The first kappa shape index (κ1) is 23.5. The highest BCUT2D eigenvalue weighted by atomic mass is 32.2. The molecular formula is C23H28FN3O5S. The van der Waals surface area contributed by atoms with Crippen molar-refractivity contribution in [3.05, 3.63) is 53.8 Å². The third-order valence-corrected chi connectivity index (χ3v) is 7.77. The Morgan fingerprint density at radius 1 is 1.18 bits per heavy atom. The van der Waals surface area contributed by atoms with Crippen LogP contribution in [0.4, 0.5) is 10.1 Å². The van der Waals surface area contributed by atoms with E-state index >= 15 is 0 Å². The topological polar surface area (TPSA) is 97.0 Å². The molecule has 33 heavy (non-hydrogen) atoms. The van der Waals surface area contributed by atoms with E-state index in [1.165, 1.54) is 16.4 Å². The average molecular weight is 478 g/mol. The van der Waals surface area contributed by atoms with Gasteiger partial charge in [-0.05, 0) is 54.7 Å². The van der Waals surface area contributed by atoms with Crippen LogP contribution >= 0.6 is 0 Å². The van der Waals surface area contributed by atoms with Crippen LogP contribution in [0.1, 0.15) is 24.4 Å². The van der Waals surface area contributed by atoms with Gasteiger partial charge in [0.2, 0.25) is 15.9 Å². The summed E-state index contributed by atoms with van der Waals surface area (Å²) in [5.74, 6) is 0.0771. The fraction of sp³-hybridized carbons (Fsp3) is 0.435. The van der Waals surface area contributed by atoms with Crippen molar-refractivity contribution in [2.75, 3.05) is 45.3 Å². The molecular weight excluding hydrogens is 449 g/mol. The van der Waals surface area contributed by atoms with Gasteiger partial charge in [0.05, 0.1) is 32.9 Å². The minimum absolute atomic E-state index is 0.0674. The number of nitrogens with zero attached hydrogens (tertiary/aromatic N) is 1. The molecule has 2 N–H and O–H groups in total. The number of anilines is 1. The second kappa shape index (κ2) is 10.1. The summed E-state index contributed by atoms with van der Waals surface area (Å²) in [6, 6.07) is 11.3. The van der Waals surface area contributed by atoms with E-state index in [4.69, 9.17) is 9.47 Å². The van der Waals surface area contributed by atoms with Crippen molar-refractivity contribution in [1.82, 2.24) is 9.62 Å². The molecule has 0 bridgehead atoms. The van der Waals surface area contributed by atoms with Crippen molar-refractivity contribution >= 4 is 21.6 Å². The molecule has 178 valence electrons. The minimum Gasteiger partial charge on any atom is -0.497 e. The van der Waals surface area contributed by atoms with Gasteiger partial charge in [-0.15, -0.1) is 0 Å². The summed E-state index contributed by atoms with van der Waals surface area (Å²) in [5, 5.41) is 5.97. The van der Waals surface area contributed by atoms with Gasteiger partial charge in [-0.1, -0.05) is 12.1 Å². The van der Waals surface area contributed by atoms with Crippen molar-refractivity contribution in [2.45, 2.75) is 23.8 Å². The predicted molar refractivity (Wildman–Crippen MR) is 121 cm³/mol. The average Bonchev–Trinajstić information content (AvgIpc) is 3.68. The fourth-order valence-corrected chi connectivity index (χ4v) is 5.36. The molecule has 0 radical (unpaired) electrons. The third kappa shape index (κ3) is 5.63. The number of carbonyl (C=O) groups excluding carboxylic acids is 1. The van der Waals surface area contributed by atoms with Gasteiger partial charge in [-0.3, -0.25) is 4.79 Å². The van der Waals surface area contributed by atoms with Crippen LogP contribution in [0.25, 0.3) is 0 Å². The molecule has 1 amide bonds. The minimum atomic E-state index is -3.99. The normalized spacial score (nSPS) is 17.9. The Labute approximate surface area is 193 Å². The maximum absolute atomic E-state index is 14.4. The Bertz CT molecular complexity index is 1080. The molecule has 1 unspecified atom stereocenters. The zero-order valence-electron chi connectivity index (χ0n) is 18.4. The Morgan fingerprint density at radius 2 is 1.88 bits per heavy atom. The molecule has 1 atom stereocenters. The van der Waals surface area contributed by atoms with E-state index in [0.717, 1.165) is 30.2 Å². The summed E-state index contributed by atoms with van der Waals surface area (Å²) < 4.78 is 51.7. The number of morpholine rings is 1. The molecule has 0 aromatic heterocycles. The molecule has 4 rings (SSSR count). The monoisotopic (exact) mass is 477 g/mol. The highest BCUT2D eigenvalue weighted by Gasteiger charge is 2.33. The number of halogens is 1. The van der Waals surface area contributed by atoms with Gasteiger partial charge in [0.1, 0.15) is 16.5 Å². The zero-order chi connectivity index (χ0) is 23.4. The molecule has 1 aliphatic heterocycles. The number of hydrogen-bond acceptors (Lipinski definition) is 6. The van der Waals surface area contributed by atoms with Gasteiger partial charge in [-0.2, -0.15) is 4.31 Å². The van der Waals surface area contributed by atoms with Crippen molar-refractivity contribution in [3.8, 4) is 5.75 Å². The van der Waals surface area contributed by atoms with Crippen molar-refractivity contribution < 1.29 is 27.1 Å². The van der Waals surface area contributed by atoms with Crippen LogP contribution in [0, 0.1) is 11.7 Å². The number of rotatable bonds is 9. The molecule has 1 saturated heterocycles. The lowest BCUT2D eigenvalue weighted by Crippen LogP contribution is -2.41. The lowest BCUT2D eigenvalue weighted by atomic mass is 10.0. The number of hydrogen-bond donors (Lipinski definition) is 2. The van der Waals surface area contributed by atoms with E-state index < -0.39 is 20.7 Å². The zero-order valence-corrected chi connectivity index (χ0v) is 19.2. The maximum atomic E-state index is 14.4. The van der Waals surface area contributed by atoms with Crippen LogP contribution in [0.15, 0.2) is 47.4 Å². The van der Waals surface area contributed by atoms with Crippen LogP contribution in [0.2, 0.25) is 0 Å². The van der Waals surface area contributed by atoms with E-state index in [0.29, 0.717) is 11.6 Å². The first-order valence-electron chi connectivity index (χ1n) is 10.9. The molecule has 2 aliphatic rings. The molecule has 2 aromatic carbocycles. The first-order chi connectivity index (χ1) is 15.9. The summed E-state index contributed by atoms with van der Waals surface area (Å²) in [6.07, 6.45) is 2.09. The summed E-state index contributed by atoms with van der Waals surface area (Å²) in [4.78, 5) is 12.2. The van der Waals surface area contributed by atoms with E-state index in [9.17, 15) is 17.6 Å². The fourth-order valence-electron chi connectivity index (χ4n) is 3.86. The number of nitrogens with one attached hydrogen (secondary N) is 2. The quantitative estimate of drug-likeness (QED) is 0.576. The highest BCUT2D eigenvalue weighted by molar-refractivity contribution is 7.89. The molecule has 1 heterocycles. The lowest BCUT2D eigenvalue weighted by molar-refractivity contribution is -0.120. The number of methoxy groups -OCH3 is 1. The van der Waals surface area contributed by atoms with Crippen LogP contribution in [0.5, 0.6) is 5.75 Å². The van der Waals surface area contributed by atoms with Gasteiger partial charge < -0.3 is 20.1 Å². The molecule has 2 fully saturated rings. The smallest absolute Gasteiger partial charge is 0.246 e. The Morgan fingerprint density at radius 3 is 2.52 bits per heavy atom. The van der Waals surface area contributed by atoms with Crippen molar-refractivity contribution in [3.63, 3.8) is 0 Å². The Hall–Kier alpha value is -2.69. The van der Waals surface area contributed by atoms with E-state index in [-0.39, 0.29) is 44.8 Å². The van der Waals surface area contributed by atoms with Crippen LogP contribution in [-0.4, -0.2) is 58.6 Å². The number of carbonyl (C=O) groups is 1. The standard InChI is InChI=1S/C23H28FN3O5S/c1-31-19-7-4-17(5-8-19)23(16-2-3-16)26-22(28)15-25-18-6-9-20(24)21(14-18)33(29,30)27-10-12-32-13-11-27/h4-9,14,16,23,25H,2-3,10-13,15H2,1H3,(H,26,28). The van der Waals surface area contributed by atoms with Crippen molar-refractivity contribution in [2.24, 2.45) is 5.92 Å². The molecule has 1 saturated carbocycles. The largest absolute Gasteiger partial charge is 0.497 e. The van der Waals surface area contributed by atoms with Gasteiger partial charge in [0.25, 0.3) is 0 Å². The van der Waals surface area contributed by atoms with E-state index in [1.807, 2.05) is 24.3 Å². The van der Waals surface area contributed by atoms with Crippen LogP contribution in [0.3, 0.4) is 0 Å². The summed E-state index contributed by atoms with van der Waals surface area (Å²) in [7, 11) is -2.38. The molecule has 0 spiro atoms. The summed E-state index contributed by atoms with van der Waals surface area (Å²) >= 11 is 0. The third-order valence-electron chi connectivity index (χ3n) is 5.86. The van der Waals surface area contributed by atoms with Gasteiger partial charge in [0, 0.05) is 18.8 Å². The molecule has 1 aliphatic carbocycles. The second-order valence-corrected chi connectivity index (χ2v) is 10.1. The van der Waals surface area contributed by atoms with Crippen LogP contribution in [-0.2, 0) is 19.6 Å². The molecule has 10 heteroatoms. The molecule has 8 nitrogen and oxygen atoms in total. The van der Waals surface area contributed by atoms with Crippen LogP contribution < -0.4 is 15.4 Å². The van der Waals surface area contributed by atoms with E-state index in [2.05, 4.69) is 10.6 Å². The number of amides is 1. The highest BCUT2D eigenvalue weighted by Crippen LogP contribution is 2.41. The predicted octanol–water partition coefficient (Wildman–Crippen LogP) is 2.53. The lowest BCUT2D eigenvalue weighted by Gasteiger charge is -2.26.